The molecule has 0 aromatic carbocycles. The van der Waals surface area contributed by atoms with Gasteiger partial charge in [0.1, 0.15) is 0 Å². The molecule has 13 heavy (non-hydrogen) atoms. The molecule has 0 aliphatic carbocycles. The number of nitrogens with zero attached hydrogens (tertiary/aromatic N) is 1. The molecule has 1 aliphatic heterocycles. The zero-order valence-corrected chi connectivity index (χ0v) is 7.79. The Labute approximate surface area is 77.7 Å². The van der Waals surface area contributed by atoms with Crippen LogP contribution in [0, 0.1) is 0 Å². The van der Waals surface area contributed by atoms with Crippen molar-refractivity contribution in [2.75, 3.05) is 6.54 Å². The van der Waals surface area contributed by atoms with E-state index in [1.807, 2.05) is 23.4 Å². The van der Waals surface area contributed by atoms with Gasteiger partial charge in [0.15, 0.2) is 0 Å². The Hall–Kier alpha value is -1.25. The number of rotatable bonds is 2. The standard InChI is InChI=1S/C10H14N2O/c1-8(9-4-5-11-7-9)12-6-2-3-10(12)13/h4-5,7-8,11H,2-3,6H2,1H3. The quantitative estimate of drug-likeness (QED) is 0.735. The zero-order chi connectivity index (χ0) is 9.26. The number of H-pyrrole nitrogens is 1. The topological polar surface area (TPSA) is 36.1 Å². The van der Waals surface area contributed by atoms with E-state index in [1.165, 1.54) is 5.56 Å². The minimum Gasteiger partial charge on any atom is -0.367 e. The number of hydrogen-bond acceptors (Lipinski definition) is 1. The van der Waals surface area contributed by atoms with Gasteiger partial charge in [-0.3, -0.25) is 4.79 Å². The van der Waals surface area contributed by atoms with E-state index in [2.05, 4.69) is 11.9 Å². The Morgan fingerprint density at radius 3 is 3.00 bits per heavy atom. The molecule has 3 nitrogen and oxygen atoms in total. The number of carbonyl (C=O) groups is 1. The lowest BCUT2D eigenvalue weighted by Gasteiger charge is -2.23. The Kier molecular flexibility index (Phi) is 2.08. The SMILES string of the molecule is CC(c1cc[nH]c1)N1CCCC1=O. The molecule has 0 saturated carbocycles. The highest BCUT2D eigenvalue weighted by Gasteiger charge is 2.25. The third-order valence-corrected chi connectivity index (χ3v) is 2.68. The van der Waals surface area contributed by atoms with Crippen molar-refractivity contribution in [3.8, 4) is 0 Å². The lowest BCUT2D eigenvalue weighted by atomic mass is 10.1. The summed E-state index contributed by atoms with van der Waals surface area (Å²) in [4.78, 5) is 16.4. The van der Waals surface area contributed by atoms with E-state index in [-0.39, 0.29) is 11.9 Å². The number of aromatic amines is 1. The van der Waals surface area contributed by atoms with Gasteiger partial charge in [-0.15, -0.1) is 0 Å². The van der Waals surface area contributed by atoms with Crippen molar-refractivity contribution in [2.24, 2.45) is 0 Å². The van der Waals surface area contributed by atoms with E-state index in [0.717, 1.165) is 19.4 Å². The van der Waals surface area contributed by atoms with Crippen molar-refractivity contribution >= 4 is 5.91 Å². The molecule has 2 rings (SSSR count). The first-order chi connectivity index (χ1) is 6.29. The van der Waals surface area contributed by atoms with E-state index in [4.69, 9.17) is 0 Å². The molecule has 1 N–H and O–H groups in total. The van der Waals surface area contributed by atoms with Gasteiger partial charge in [0.05, 0.1) is 6.04 Å². The van der Waals surface area contributed by atoms with Crippen LogP contribution in [0.15, 0.2) is 18.5 Å². The van der Waals surface area contributed by atoms with Crippen LogP contribution in [-0.4, -0.2) is 22.3 Å². The minimum atomic E-state index is 0.223. The maximum atomic E-state index is 11.4. The summed E-state index contributed by atoms with van der Waals surface area (Å²) in [6.45, 7) is 2.98. The van der Waals surface area contributed by atoms with Crippen LogP contribution >= 0.6 is 0 Å². The van der Waals surface area contributed by atoms with E-state index < -0.39 is 0 Å². The summed E-state index contributed by atoms with van der Waals surface area (Å²) >= 11 is 0. The van der Waals surface area contributed by atoms with Gasteiger partial charge in [-0.05, 0) is 25.0 Å². The van der Waals surface area contributed by atoms with Crippen LogP contribution in [0.25, 0.3) is 0 Å². The fraction of sp³-hybridized carbons (Fsp3) is 0.500. The Bertz CT molecular complexity index is 292. The van der Waals surface area contributed by atoms with Gasteiger partial charge in [0.2, 0.25) is 5.91 Å². The molecular formula is C10H14N2O. The van der Waals surface area contributed by atoms with Crippen LogP contribution < -0.4 is 0 Å². The predicted molar refractivity (Wildman–Crippen MR) is 50.2 cm³/mol. The second-order valence-electron chi connectivity index (χ2n) is 3.51. The fourth-order valence-electron chi connectivity index (χ4n) is 1.86. The molecule has 1 aromatic heterocycles. The maximum absolute atomic E-state index is 11.4. The van der Waals surface area contributed by atoms with Gasteiger partial charge >= 0.3 is 0 Å². The molecule has 1 saturated heterocycles. The van der Waals surface area contributed by atoms with Crippen molar-refractivity contribution < 1.29 is 4.79 Å². The Morgan fingerprint density at radius 1 is 1.62 bits per heavy atom. The second kappa shape index (κ2) is 3.24. The highest BCUT2D eigenvalue weighted by atomic mass is 16.2. The summed E-state index contributed by atoms with van der Waals surface area (Å²) in [5, 5.41) is 0. The summed E-state index contributed by atoms with van der Waals surface area (Å²) in [6.07, 6.45) is 5.57. The molecule has 1 aromatic rings. The molecule has 0 bridgehead atoms. The van der Waals surface area contributed by atoms with Crippen molar-refractivity contribution in [3.63, 3.8) is 0 Å². The van der Waals surface area contributed by atoms with Crippen molar-refractivity contribution in [3.05, 3.63) is 24.0 Å². The zero-order valence-electron chi connectivity index (χ0n) is 7.79. The van der Waals surface area contributed by atoms with Crippen LogP contribution in [-0.2, 0) is 4.79 Å². The van der Waals surface area contributed by atoms with Gasteiger partial charge in [-0.2, -0.15) is 0 Å². The smallest absolute Gasteiger partial charge is 0.223 e. The van der Waals surface area contributed by atoms with Crippen LogP contribution in [0.4, 0.5) is 0 Å². The van der Waals surface area contributed by atoms with Gasteiger partial charge in [0, 0.05) is 25.4 Å². The van der Waals surface area contributed by atoms with E-state index in [1.54, 1.807) is 0 Å². The molecule has 1 atom stereocenters. The van der Waals surface area contributed by atoms with Gasteiger partial charge in [0.25, 0.3) is 0 Å². The largest absolute Gasteiger partial charge is 0.367 e. The lowest BCUT2D eigenvalue weighted by molar-refractivity contribution is -0.129. The number of hydrogen-bond donors (Lipinski definition) is 1. The van der Waals surface area contributed by atoms with Crippen LogP contribution in [0.1, 0.15) is 31.4 Å². The van der Waals surface area contributed by atoms with Gasteiger partial charge in [-0.25, -0.2) is 0 Å². The molecule has 2 heterocycles. The molecule has 0 spiro atoms. The van der Waals surface area contributed by atoms with Crippen molar-refractivity contribution in [1.82, 2.24) is 9.88 Å². The average molecular weight is 178 g/mol. The molecule has 1 aliphatic rings. The molecule has 1 fully saturated rings. The third kappa shape index (κ3) is 1.46. The predicted octanol–water partition coefficient (Wildman–Crippen LogP) is 1.70. The molecular weight excluding hydrogens is 164 g/mol. The number of likely N-dealkylation sites (tertiary alicyclic amines) is 1. The highest BCUT2D eigenvalue weighted by Crippen LogP contribution is 2.24. The number of carbonyl (C=O) groups excluding carboxylic acids is 1. The number of amides is 1. The first-order valence-electron chi connectivity index (χ1n) is 4.71. The highest BCUT2D eigenvalue weighted by molar-refractivity contribution is 5.78. The molecule has 1 amide bonds. The summed E-state index contributed by atoms with van der Waals surface area (Å²) in [5.41, 5.74) is 1.19. The minimum absolute atomic E-state index is 0.223. The summed E-state index contributed by atoms with van der Waals surface area (Å²) < 4.78 is 0. The summed E-state index contributed by atoms with van der Waals surface area (Å²) in [6, 6.07) is 2.25. The normalized spacial score (nSPS) is 19.5. The van der Waals surface area contributed by atoms with Crippen molar-refractivity contribution in [2.45, 2.75) is 25.8 Å². The molecule has 0 radical (unpaired) electrons. The van der Waals surface area contributed by atoms with E-state index in [9.17, 15) is 4.79 Å². The molecule has 3 heteroatoms. The monoisotopic (exact) mass is 178 g/mol. The van der Waals surface area contributed by atoms with Crippen molar-refractivity contribution in [1.29, 1.82) is 0 Å². The summed E-state index contributed by atoms with van der Waals surface area (Å²) in [5.74, 6) is 0.286. The number of nitrogens with one attached hydrogen (secondary N) is 1. The Morgan fingerprint density at radius 2 is 2.46 bits per heavy atom. The second-order valence-corrected chi connectivity index (χ2v) is 3.51. The van der Waals surface area contributed by atoms with Crippen LogP contribution in [0.3, 0.4) is 0 Å². The van der Waals surface area contributed by atoms with Crippen LogP contribution in [0.2, 0.25) is 0 Å². The first kappa shape index (κ1) is 8.35. The van der Waals surface area contributed by atoms with Crippen LogP contribution in [0.5, 0.6) is 0 Å². The third-order valence-electron chi connectivity index (χ3n) is 2.68. The molecule has 1 unspecified atom stereocenters. The summed E-state index contributed by atoms with van der Waals surface area (Å²) in [7, 11) is 0. The first-order valence-corrected chi connectivity index (χ1v) is 4.71. The van der Waals surface area contributed by atoms with Gasteiger partial charge in [-0.1, -0.05) is 0 Å². The Balaban J connectivity index is 2.13. The van der Waals surface area contributed by atoms with E-state index >= 15 is 0 Å². The molecule has 70 valence electrons. The lowest BCUT2D eigenvalue weighted by Crippen LogP contribution is -2.27. The van der Waals surface area contributed by atoms with E-state index in [0.29, 0.717) is 0 Å². The average Bonchev–Trinajstić information content (AvgIpc) is 2.72. The maximum Gasteiger partial charge on any atom is 0.223 e. The van der Waals surface area contributed by atoms with Gasteiger partial charge < -0.3 is 9.88 Å². The number of aromatic nitrogens is 1. The fourth-order valence-corrected chi connectivity index (χ4v) is 1.86.